The lowest BCUT2D eigenvalue weighted by molar-refractivity contribution is 0.262. The number of benzene rings is 2. The standard InChI is InChI=1S/C14H10BrF3N2O/c1-7-6-8(15)2-4-10(7)19-14(21)20-11-5-3-9(16)12(17)13(11)18/h2-6H,1H3,(H2,19,20,21). The number of urea groups is 1. The van der Waals surface area contributed by atoms with Gasteiger partial charge in [0.1, 0.15) is 0 Å². The Hall–Kier alpha value is -2.02. The number of aryl methyl sites for hydroxylation is 1. The van der Waals surface area contributed by atoms with Crippen LogP contribution in [0.2, 0.25) is 0 Å². The quantitative estimate of drug-likeness (QED) is 0.742. The van der Waals surface area contributed by atoms with Crippen molar-refractivity contribution in [3.63, 3.8) is 0 Å². The first-order valence-corrected chi connectivity index (χ1v) is 6.65. The highest BCUT2D eigenvalue weighted by atomic mass is 79.9. The maximum absolute atomic E-state index is 13.4. The number of amides is 2. The van der Waals surface area contributed by atoms with Crippen LogP contribution < -0.4 is 10.6 Å². The summed E-state index contributed by atoms with van der Waals surface area (Å²) in [4.78, 5) is 11.8. The lowest BCUT2D eigenvalue weighted by Gasteiger charge is -2.11. The number of rotatable bonds is 2. The molecule has 0 aliphatic heterocycles. The predicted octanol–water partition coefficient (Wildman–Crippen LogP) is 4.82. The molecule has 0 heterocycles. The van der Waals surface area contributed by atoms with Gasteiger partial charge < -0.3 is 10.6 Å². The van der Waals surface area contributed by atoms with Gasteiger partial charge in [0.2, 0.25) is 0 Å². The second-order valence-corrected chi connectivity index (χ2v) is 5.18. The van der Waals surface area contributed by atoms with Gasteiger partial charge in [-0.25, -0.2) is 18.0 Å². The molecule has 0 spiro atoms. The molecule has 2 aromatic carbocycles. The van der Waals surface area contributed by atoms with Crippen molar-refractivity contribution in [2.45, 2.75) is 6.92 Å². The Balaban J connectivity index is 2.14. The first-order chi connectivity index (χ1) is 9.88. The Morgan fingerprint density at radius 1 is 1.00 bits per heavy atom. The molecule has 0 unspecified atom stereocenters. The van der Waals surface area contributed by atoms with E-state index in [0.29, 0.717) is 5.69 Å². The third kappa shape index (κ3) is 3.55. The molecule has 7 heteroatoms. The van der Waals surface area contributed by atoms with E-state index in [9.17, 15) is 18.0 Å². The van der Waals surface area contributed by atoms with E-state index in [0.717, 1.165) is 22.2 Å². The Morgan fingerprint density at radius 3 is 2.29 bits per heavy atom. The van der Waals surface area contributed by atoms with Gasteiger partial charge in [-0.2, -0.15) is 0 Å². The maximum atomic E-state index is 13.4. The van der Waals surface area contributed by atoms with Crippen molar-refractivity contribution >= 4 is 33.3 Å². The largest absolute Gasteiger partial charge is 0.323 e. The highest BCUT2D eigenvalue weighted by Gasteiger charge is 2.15. The van der Waals surface area contributed by atoms with Crippen LogP contribution in [-0.2, 0) is 0 Å². The molecule has 2 amide bonds. The zero-order valence-corrected chi connectivity index (χ0v) is 12.4. The number of hydrogen-bond donors (Lipinski definition) is 2. The summed E-state index contributed by atoms with van der Waals surface area (Å²) in [5.41, 5.74) is 0.852. The van der Waals surface area contributed by atoms with Gasteiger partial charge in [0.25, 0.3) is 0 Å². The zero-order valence-electron chi connectivity index (χ0n) is 10.8. The van der Waals surface area contributed by atoms with E-state index < -0.39 is 29.2 Å². The molecule has 0 aliphatic carbocycles. The molecule has 0 bridgehead atoms. The van der Waals surface area contributed by atoms with Gasteiger partial charge in [-0.05, 0) is 42.8 Å². The van der Waals surface area contributed by atoms with Gasteiger partial charge in [-0.15, -0.1) is 0 Å². The van der Waals surface area contributed by atoms with E-state index in [1.165, 1.54) is 0 Å². The van der Waals surface area contributed by atoms with Crippen LogP contribution in [0.4, 0.5) is 29.3 Å². The van der Waals surface area contributed by atoms with Crippen molar-refractivity contribution in [3.8, 4) is 0 Å². The van der Waals surface area contributed by atoms with Crippen molar-refractivity contribution in [2.24, 2.45) is 0 Å². The predicted molar refractivity (Wildman–Crippen MR) is 77.8 cm³/mol. The molecule has 0 aromatic heterocycles. The fourth-order valence-electron chi connectivity index (χ4n) is 1.67. The van der Waals surface area contributed by atoms with Crippen LogP contribution in [0.15, 0.2) is 34.8 Å². The lowest BCUT2D eigenvalue weighted by Crippen LogP contribution is -2.21. The van der Waals surface area contributed by atoms with E-state index in [1.807, 2.05) is 0 Å². The van der Waals surface area contributed by atoms with Crippen LogP contribution in [-0.4, -0.2) is 6.03 Å². The molecule has 2 N–H and O–H groups in total. The SMILES string of the molecule is Cc1cc(Br)ccc1NC(=O)Nc1ccc(F)c(F)c1F. The van der Waals surface area contributed by atoms with E-state index in [-0.39, 0.29) is 0 Å². The van der Waals surface area contributed by atoms with Crippen LogP contribution >= 0.6 is 15.9 Å². The van der Waals surface area contributed by atoms with E-state index in [1.54, 1.807) is 25.1 Å². The summed E-state index contributed by atoms with van der Waals surface area (Å²) in [6.07, 6.45) is 0. The summed E-state index contributed by atoms with van der Waals surface area (Å²) in [6.45, 7) is 1.78. The summed E-state index contributed by atoms with van der Waals surface area (Å²) >= 11 is 3.29. The number of carbonyl (C=O) groups excluding carboxylic acids is 1. The second-order valence-electron chi connectivity index (χ2n) is 4.26. The average molecular weight is 359 g/mol. The van der Waals surface area contributed by atoms with Crippen LogP contribution in [0.3, 0.4) is 0 Å². The Labute approximate surface area is 127 Å². The molecule has 21 heavy (non-hydrogen) atoms. The van der Waals surface area contributed by atoms with Gasteiger partial charge in [-0.1, -0.05) is 15.9 Å². The summed E-state index contributed by atoms with van der Waals surface area (Å²) in [6, 6.07) is 6.08. The van der Waals surface area contributed by atoms with Crippen molar-refractivity contribution in [1.29, 1.82) is 0 Å². The molecule has 0 radical (unpaired) electrons. The summed E-state index contributed by atoms with van der Waals surface area (Å²) < 4.78 is 40.1. The van der Waals surface area contributed by atoms with Crippen LogP contribution in [0.5, 0.6) is 0 Å². The molecule has 0 fully saturated rings. The average Bonchev–Trinajstić information content (AvgIpc) is 2.43. The fourth-order valence-corrected chi connectivity index (χ4v) is 2.14. The third-order valence-electron chi connectivity index (χ3n) is 2.72. The number of anilines is 2. The number of nitrogens with one attached hydrogen (secondary N) is 2. The smallest absolute Gasteiger partial charge is 0.307 e. The molecular formula is C14H10BrF3N2O. The van der Waals surface area contributed by atoms with Crippen molar-refractivity contribution in [2.75, 3.05) is 10.6 Å². The number of hydrogen-bond acceptors (Lipinski definition) is 1. The topological polar surface area (TPSA) is 41.1 Å². The van der Waals surface area contributed by atoms with Gasteiger partial charge in [0.05, 0.1) is 5.69 Å². The van der Waals surface area contributed by atoms with E-state index in [4.69, 9.17) is 0 Å². The minimum Gasteiger partial charge on any atom is -0.307 e. The maximum Gasteiger partial charge on any atom is 0.323 e. The highest BCUT2D eigenvalue weighted by molar-refractivity contribution is 9.10. The van der Waals surface area contributed by atoms with E-state index >= 15 is 0 Å². The minimum atomic E-state index is -1.63. The number of carbonyl (C=O) groups is 1. The Kier molecular flexibility index (Phi) is 4.52. The molecule has 2 rings (SSSR count). The molecule has 2 aromatic rings. The van der Waals surface area contributed by atoms with Crippen molar-refractivity contribution in [1.82, 2.24) is 0 Å². The summed E-state index contributed by atoms with van der Waals surface area (Å²) in [5.74, 6) is -4.40. The first kappa shape index (κ1) is 15.4. The lowest BCUT2D eigenvalue weighted by atomic mass is 10.2. The van der Waals surface area contributed by atoms with Gasteiger partial charge in [0.15, 0.2) is 17.5 Å². The first-order valence-electron chi connectivity index (χ1n) is 5.86. The van der Waals surface area contributed by atoms with Crippen LogP contribution in [0, 0.1) is 24.4 Å². The summed E-state index contributed by atoms with van der Waals surface area (Å²) in [5, 5.41) is 4.62. The molecule has 0 aliphatic rings. The molecule has 110 valence electrons. The summed E-state index contributed by atoms with van der Waals surface area (Å²) in [7, 11) is 0. The molecule has 0 atom stereocenters. The molecule has 0 saturated carbocycles. The Morgan fingerprint density at radius 2 is 1.62 bits per heavy atom. The second kappa shape index (κ2) is 6.17. The third-order valence-corrected chi connectivity index (χ3v) is 3.21. The van der Waals surface area contributed by atoms with Gasteiger partial charge >= 0.3 is 6.03 Å². The minimum absolute atomic E-state index is 0.443. The van der Waals surface area contributed by atoms with Crippen LogP contribution in [0.1, 0.15) is 5.56 Å². The fraction of sp³-hybridized carbons (Fsp3) is 0.0714. The van der Waals surface area contributed by atoms with E-state index in [2.05, 4.69) is 26.6 Å². The molecule has 3 nitrogen and oxygen atoms in total. The van der Waals surface area contributed by atoms with Crippen molar-refractivity contribution < 1.29 is 18.0 Å². The van der Waals surface area contributed by atoms with Gasteiger partial charge in [0, 0.05) is 10.2 Å². The molecular weight excluding hydrogens is 349 g/mol. The molecule has 0 saturated heterocycles. The monoisotopic (exact) mass is 358 g/mol. The zero-order chi connectivity index (χ0) is 15.6. The highest BCUT2D eigenvalue weighted by Crippen LogP contribution is 2.22. The van der Waals surface area contributed by atoms with Crippen molar-refractivity contribution in [3.05, 3.63) is 57.8 Å². The normalized spacial score (nSPS) is 10.3. The van der Waals surface area contributed by atoms with Gasteiger partial charge in [-0.3, -0.25) is 0 Å². The van der Waals surface area contributed by atoms with Crippen LogP contribution in [0.25, 0.3) is 0 Å². The Bertz CT molecular complexity index is 707. The number of halogens is 4.